The first-order chi connectivity index (χ1) is 10.2. The first kappa shape index (κ1) is 16.0. The number of aromatic nitrogens is 2. The number of hydrogen-bond donors (Lipinski definition) is 1. The van der Waals surface area contributed by atoms with Crippen LogP contribution in [0.15, 0.2) is 12.4 Å². The third kappa shape index (κ3) is 2.95. The molecule has 2 aliphatic rings. The van der Waals surface area contributed by atoms with E-state index in [9.17, 15) is 5.11 Å². The standard InChI is InChI=1S/C15H25BN2O4/c1-13(2)14(3,4)22-16(21-13)12-9-17-18(10-12)11-15(19)5-7-20-8-6-15/h9-10,19H,5-8,11H2,1-4H3. The van der Waals surface area contributed by atoms with Crippen LogP contribution in [0.3, 0.4) is 0 Å². The fourth-order valence-electron chi connectivity index (χ4n) is 2.78. The van der Waals surface area contributed by atoms with Gasteiger partial charge in [-0.25, -0.2) is 0 Å². The van der Waals surface area contributed by atoms with Gasteiger partial charge in [0, 0.05) is 43.9 Å². The van der Waals surface area contributed by atoms with E-state index in [2.05, 4.69) is 5.10 Å². The van der Waals surface area contributed by atoms with E-state index in [4.69, 9.17) is 14.0 Å². The Balaban J connectivity index is 1.70. The molecule has 122 valence electrons. The molecule has 1 aromatic heterocycles. The lowest BCUT2D eigenvalue weighted by Crippen LogP contribution is -2.41. The van der Waals surface area contributed by atoms with E-state index in [-0.39, 0.29) is 11.2 Å². The third-order valence-corrected chi connectivity index (χ3v) is 5.06. The van der Waals surface area contributed by atoms with E-state index < -0.39 is 12.7 Å². The Bertz CT molecular complexity index is 521. The van der Waals surface area contributed by atoms with E-state index in [1.54, 1.807) is 10.9 Å². The van der Waals surface area contributed by atoms with Crippen molar-refractivity contribution in [2.75, 3.05) is 13.2 Å². The molecule has 0 saturated carbocycles. The molecule has 22 heavy (non-hydrogen) atoms. The fraction of sp³-hybridized carbons (Fsp3) is 0.800. The summed E-state index contributed by atoms with van der Waals surface area (Å²) in [4.78, 5) is 0. The summed E-state index contributed by atoms with van der Waals surface area (Å²) in [5.41, 5.74) is -0.580. The van der Waals surface area contributed by atoms with E-state index in [1.165, 1.54) is 0 Å². The smallest absolute Gasteiger partial charge is 0.399 e. The maximum Gasteiger partial charge on any atom is 0.498 e. The average molecular weight is 308 g/mol. The fourth-order valence-corrected chi connectivity index (χ4v) is 2.78. The van der Waals surface area contributed by atoms with Gasteiger partial charge in [-0.05, 0) is 27.7 Å². The highest BCUT2D eigenvalue weighted by atomic mass is 16.7. The van der Waals surface area contributed by atoms with Gasteiger partial charge in [0.25, 0.3) is 0 Å². The largest absolute Gasteiger partial charge is 0.498 e. The summed E-state index contributed by atoms with van der Waals surface area (Å²) >= 11 is 0. The molecule has 0 aromatic carbocycles. The maximum absolute atomic E-state index is 10.6. The van der Waals surface area contributed by atoms with Gasteiger partial charge in [-0.2, -0.15) is 5.10 Å². The summed E-state index contributed by atoms with van der Waals surface area (Å²) in [6, 6.07) is 0. The van der Waals surface area contributed by atoms with E-state index >= 15 is 0 Å². The maximum atomic E-state index is 10.6. The predicted octanol–water partition coefficient (Wildman–Crippen LogP) is 0.724. The highest BCUT2D eigenvalue weighted by molar-refractivity contribution is 6.61. The van der Waals surface area contributed by atoms with Gasteiger partial charge in [0.1, 0.15) is 0 Å². The molecule has 0 radical (unpaired) electrons. The Morgan fingerprint density at radius 2 is 1.77 bits per heavy atom. The Morgan fingerprint density at radius 3 is 2.36 bits per heavy atom. The van der Waals surface area contributed by atoms with Crippen molar-refractivity contribution < 1.29 is 19.2 Å². The lowest BCUT2D eigenvalue weighted by Gasteiger charge is -2.32. The summed E-state index contributed by atoms with van der Waals surface area (Å²) < 4.78 is 19.1. The Labute approximate surface area is 131 Å². The van der Waals surface area contributed by atoms with Crippen LogP contribution >= 0.6 is 0 Å². The molecule has 2 aliphatic heterocycles. The Kier molecular flexibility index (Phi) is 3.88. The van der Waals surface area contributed by atoms with Crippen molar-refractivity contribution in [2.24, 2.45) is 0 Å². The third-order valence-electron chi connectivity index (χ3n) is 5.06. The van der Waals surface area contributed by atoms with Crippen LogP contribution in [0.2, 0.25) is 0 Å². The SMILES string of the molecule is CC1(C)OB(c2cnn(CC3(O)CCOCC3)c2)OC1(C)C. The van der Waals surface area contributed by atoms with Gasteiger partial charge in [-0.15, -0.1) is 0 Å². The lowest BCUT2D eigenvalue weighted by molar-refractivity contribution is -0.0744. The number of rotatable bonds is 3. The summed E-state index contributed by atoms with van der Waals surface area (Å²) in [7, 11) is -0.414. The van der Waals surface area contributed by atoms with Gasteiger partial charge in [-0.3, -0.25) is 4.68 Å². The van der Waals surface area contributed by atoms with E-state index in [0.717, 1.165) is 5.46 Å². The number of hydrogen-bond acceptors (Lipinski definition) is 5. The molecule has 0 spiro atoms. The van der Waals surface area contributed by atoms with Gasteiger partial charge in [0.05, 0.1) is 23.3 Å². The van der Waals surface area contributed by atoms with Crippen LogP contribution in [0.4, 0.5) is 0 Å². The summed E-state index contributed by atoms with van der Waals surface area (Å²) in [5, 5.41) is 14.9. The molecule has 1 N–H and O–H groups in total. The molecule has 6 nitrogen and oxygen atoms in total. The molecule has 3 heterocycles. The van der Waals surface area contributed by atoms with Gasteiger partial charge in [0.15, 0.2) is 0 Å². The summed E-state index contributed by atoms with van der Waals surface area (Å²) in [6.07, 6.45) is 4.93. The molecule has 3 rings (SSSR count). The van der Waals surface area contributed by atoms with Gasteiger partial charge in [-0.1, -0.05) is 0 Å². The first-order valence-corrected chi connectivity index (χ1v) is 7.89. The molecule has 7 heteroatoms. The van der Waals surface area contributed by atoms with Crippen molar-refractivity contribution in [3.8, 4) is 0 Å². The number of aliphatic hydroxyl groups is 1. The second-order valence-corrected chi connectivity index (χ2v) is 7.40. The average Bonchev–Trinajstić information content (AvgIpc) is 2.93. The molecular formula is C15H25BN2O4. The molecular weight excluding hydrogens is 283 g/mol. The van der Waals surface area contributed by atoms with Crippen molar-refractivity contribution in [1.29, 1.82) is 0 Å². The number of nitrogens with zero attached hydrogens (tertiary/aromatic N) is 2. The van der Waals surface area contributed by atoms with Gasteiger partial charge >= 0.3 is 7.12 Å². The van der Waals surface area contributed by atoms with Gasteiger partial charge in [0.2, 0.25) is 0 Å². The highest BCUT2D eigenvalue weighted by Crippen LogP contribution is 2.36. The van der Waals surface area contributed by atoms with Crippen molar-refractivity contribution in [3.63, 3.8) is 0 Å². The van der Waals surface area contributed by atoms with Crippen LogP contribution in [-0.2, 0) is 20.6 Å². The zero-order valence-corrected chi connectivity index (χ0v) is 13.8. The van der Waals surface area contributed by atoms with Crippen LogP contribution in [0.5, 0.6) is 0 Å². The van der Waals surface area contributed by atoms with Crippen molar-refractivity contribution in [2.45, 2.75) is 63.9 Å². The Hall–Kier alpha value is -0.885. The van der Waals surface area contributed by atoms with Crippen LogP contribution in [-0.4, -0.2) is 52.0 Å². The van der Waals surface area contributed by atoms with Crippen LogP contribution < -0.4 is 5.46 Å². The Morgan fingerprint density at radius 1 is 1.18 bits per heavy atom. The minimum atomic E-state index is -0.739. The zero-order valence-electron chi connectivity index (χ0n) is 13.8. The molecule has 1 aromatic rings. The molecule has 2 fully saturated rings. The molecule has 0 unspecified atom stereocenters. The van der Waals surface area contributed by atoms with Crippen LogP contribution in [0, 0.1) is 0 Å². The molecule has 0 bridgehead atoms. The zero-order chi connectivity index (χ0) is 16.0. The topological polar surface area (TPSA) is 65.7 Å². The summed E-state index contributed by atoms with van der Waals surface area (Å²) in [6.45, 7) is 9.79. The van der Waals surface area contributed by atoms with E-state index in [1.807, 2.05) is 33.9 Å². The summed E-state index contributed by atoms with van der Waals surface area (Å²) in [5.74, 6) is 0. The molecule has 0 aliphatic carbocycles. The quantitative estimate of drug-likeness (QED) is 0.834. The second-order valence-electron chi connectivity index (χ2n) is 7.40. The van der Waals surface area contributed by atoms with Crippen molar-refractivity contribution in [1.82, 2.24) is 9.78 Å². The van der Waals surface area contributed by atoms with Crippen LogP contribution in [0.25, 0.3) is 0 Å². The molecule has 2 saturated heterocycles. The van der Waals surface area contributed by atoms with Crippen molar-refractivity contribution >= 4 is 12.6 Å². The molecule has 0 amide bonds. The van der Waals surface area contributed by atoms with Gasteiger partial charge < -0.3 is 19.2 Å². The minimum absolute atomic E-state index is 0.362. The van der Waals surface area contributed by atoms with E-state index in [0.29, 0.717) is 32.6 Å². The second kappa shape index (κ2) is 5.34. The minimum Gasteiger partial charge on any atom is -0.399 e. The first-order valence-electron chi connectivity index (χ1n) is 7.89. The monoisotopic (exact) mass is 308 g/mol. The van der Waals surface area contributed by atoms with Crippen molar-refractivity contribution in [3.05, 3.63) is 12.4 Å². The van der Waals surface area contributed by atoms with Crippen LogP contribution in [0.1, 0.15) is 40.5 Å². The lowest BCUT2D eigenvalue weighted by atomic mass is 9.82. The normalized spacial score (nSPS) is 26.3. The predicted molar refractivity (Wildman–Crippen MR) is 82.9 cm³/mol. The number of ether oxygens (including phenoxy) is 1. The molecule has 0 atom stereocenters. The highest BCUT2D eigenvalue weighted by Gasteiger charge is 2.52.